The fourth-order valence-electron chi connectivity index (χ4n) is 1.78. The summed E-state index contributed by atoms with van der Waals surface area (Å²) in [6.45, 7) is 4.86. The molecule has 0 unspecified atom stereocenters. The Morgan fingerprint density at radius 2 is 1.78 bits per heavy atom. The van der Waals surface area contributed by atoms with Crippen LogP contribution in [-0.4, -0.2) is 36.1 Å². The molecule has 0 spiro atoms. The van der Waals surface area contributed by atoms with E-state index in [9.17, 15) is 14.4 Å². The maximum absolute atomic E-state index is 11.8. The summed E-state index contributed by atoms with van der Waals surface area (Å²) in [6, 6.07) is 8.34. The number of carbonyl (C=O) groups excluding carboxylic acids is 3. The maximum Gasteiger partial charge on any atom is 0.408 e. The highest BCUT2D eigenvalue weighted by molar-refractivity contribution is 5.88. The van der Waals surface area contributed by atoms with E-state index >= 15 is 0 Å². The summed E-state index contributed by atoms with van der Waals surface area (Å²) in [4.78, 5) is 34.8. The van der Waals surface area contributed by atoms with Gasteiger partial charge in [0.2, 0.25) is 11.8 Å². The molecular weight excluding hydrogens is 298 g/mol. The first-order chi connectivity index (χ1) is 10.7. The Balaban J connectivity index is 2.49. The topological polar surface area (TPSA) is 111 Å². The Morgan fingerprint density at radius 3 is 2.30 bits per heavy atom. The minimum Gasteiger partial charge on any atom is -0.444 e. The van der Waals surface area contributed by atoms with Gasteiger partial charge < -0.3 is 21.1 Å². The molecule has 0 aliphatic heterocycles. The molecule has 0 aliphatic carbocycles. The number of nitrogens with two attached hydrogens (primary N) is 1. The molecule has 4 N–H and O–H groups in total. The molecule has 1 atom stereocenters. The van der Waals surface area contributed by atoms with Gasteiger partial charge in [-0.15, -0.1) is 0 Å². The van der Waals surface area contributed by atoms with Gasteiger partial charge in [0.15, 0.2) is 0 Å². The van der Waals surface area contributed by atoms with E-state index in [4.69, 9.17) is 10.5 Å². The van der Waals surface area contributed by atoms with Gasteiger partial charge in [0, 0.05) is 6.42 Å². The lowest BCUT2D eigenvalue weighted by molar-refractivity contribution is -0.126. The molecule has 3 amide bonds. The first-order valence-corrected chi connectivity index (χ1v) is 7.27. The average Bonchev–Trinajstić information content (AvgIpc) is 2.43. The zero-order valence-corrected chi connectivity index (χ0v) is 13.6. The number of ether oxygens (including phenoxy) is 1. The summed E-state index contributed by atoms with van der Waals surface area (Å²) >= 11 is 0. The number of benzene rings is 1. The Kier molecular flexibility index (Phi) is 6.56. The summed E-state index contributed by atoms with van der Waals surface area (Å²) < 4.78 is 5.01. The molecule has 0 aromatic heterocycles. The van der Waals surface area contributed by atoms with Crippen LogP contribution in [0.2, 0.25) is 0 Å². The molecule has 1 aromatic rings. The zero-order chi connectivity index (χ0) is 17.5. The van der Waals surface area contributed by atoms with Crippen LogP contribution >= 0.6 is 0 Å². The Hall–Kier alpha value is -2.57. The van der Waals surface area contributed by atoms with Gasteiger partial charge in [-0.3, -0.25) is 9.59 Å². The molecule has 0 radical (unpaired) electrons. The number of hydrogen-bond donors (Lipinski definition) is 3. The summed E-state index contributed by atoms with van der Waals surface area (Å²) in [5, 5.41) is 4.82. The highest BCUT2D eigenvalue weighted by Crippen LogP contribution is 2.06. The number of nitrogens with one attached hydrogen (secondary N) is 2. The van der Waals surface area contributed by atoms with Gasteiger partial charge in [0.1, 0.15) is 18.2 Å². The van der Waals surface area contributed by atoms with Gasteiger partial charge in [-0.1, -0.05) is 30.3 Å². The zero-order valence-electron chi connectivity index (χ0n) is 13.6. The van der Waals surface area contributed by atoms with Crippen molar-refractivity contribution in [3.63, 3.8) is 0 Å². The number of carbonyl (C=O) groups is 3. The number of rotatable bonds is 6. The van der Waals surface area contributed by atoms with Crippen molar-refractivity contribution in [1.29, 1.82) is 0 Å². The Morgan fingerprint density at radius 1 is 1.17 bits per heavy atom. The molecular formula is C16H23N3O4. The van der Waals surface area contributed by atoms with Crippen LogP contribution < -0.4 is 16.4 Å². The SMILES string of the molecule is CC(C)(C)OC(=O)NCC(=O)N[C@H](Cc1ccccc1)C(N)=O. The van der Waals surface area contributed by atoms with Crippen LogP contribution in [0.4, 0.5) is 4.79 Å². The van der Waals surface area contributed by atoms with Crippen molar-refractivity contribution in [2.45, 2.75) is 38.8 Å². The van der Waals surface area contributed by atoms with E-state index in [1.807, 2.05) is 30.3 Å². The number of primary amides is 1. The van der Waals surface area contributed by atoms with Crippen LogP contribution in [0.3, 0.4) is 0 Å². The van der Waals surface area contributed by atoms with E-state index in [1.165, 1.54) is 0 Å². The van der Waals surface area contributed by atoms with Gasteiger partial charge in [-0.2, -0.15) is 0 Å². The van der Waals surface area contributed by atoms with Crippen LogP contribution in [0, 0.1) is 0 Å². The van der Waals surface area contributed by atoms with Crippen LogP contribution in [0.5, 0.6) is 0 Å². The van der Waals surface area contributed by atoms with Gasteiger partial charge in [-0.25, -0.2) is 4.79 Å². The van der Waals surface area contributed by atoms with Crippen molar-refractivity contribution >= 4 is 17.9 Å². The largest absolute Gasteiger partial charge is 0.444 e. The smallest absolute Gasteiger partial charge is 0.408 e. The molecule has 7 heteroatoms. The van der Waals surface area contributed by atoms with E-state index < -0.39 is 29.6 Å². The lowest BCUT2D eigenvalue weighted by Crippen LogP contribution is -2.49. The second-order valence-corrected chi connectivity index (χ2v) is 6.07. The van der Waals surface area contributed by atoms with Gasteiger partial charge >= 0.3 is 6.09 Å². The molecule has 0 saturated carbocycles. The second-order valence-electron chi connectivity index (χ2n) is 6.07. The second kappa shape index (κ2) is 8.17. The van der Waals surface area contributed by atoms with Crippen molar-refractivity contribution in [3.8, 4) is 0 Å². The molecule has 1 rings (SSSR count). The summed E-state index contributed by atoms with van der Waals surface area (Å²) in [7, 11) is 0. The molecule has 0 aliphatic rings. The van der Waals surface area contributed by atoms with E-state index in [0.717, 1.165) is 5.56 Å². The van der Waals surface area contributed by atoms with Crippen molar-refractivity contribution in [2.75, 3.05) is 6.54 Å². The lowest BCUT2D eigenvalue weighted by atomic mass is 10.1. The molecule has 0 fully saturated rings. The first kappa shape index (κ1) is 18.5. The predicted molar refractivity (Wildman–Crippen MR) is 85.5 cm³/mol. The summed E-state index contributed by atoms with van der Waals surface area (Å²) in [5.74, 6) is -1.16. The van der Waals surface area contributed by atoms with Crippen molar-refractivity contribution in [1.82, 2.24) is 10.6 Å². The number of hydrogen-bond acceptors (Lipinski definition) is 4. The van der Waals surface area contributed by atoms with Crippen molar-refractivity contribution in [2.24, 2.45) is 5.73 Å². The first-order valence-electron chi connectivity index (χ1n) is 7.27. The molecule has 1 aromatic carbocycles. The molecule has 0 bridgehead atoms. The third-order valence-electron chi connectivity index (χ3n) is 2.75. The minimum atomic E-state index is -0.842. The van der Waals surface area contributed by atoms with Crippen LogP contribution in [0.15, 0.2) is 30.3 Å². The van der Waals surface area contributed by atoms with Gasteiger partial charge in [0.25, 0.3) is 0 Å². The lowest BCUT2D eigenvalue weighted by Gasteiger charge is -2.20. The average molecular weight is 321 g/mol. The molecule has 7 nitrogen and oxygen atoms in total. The molecule has 23 heavy (non-hydrogen) atoms. The standard InChI is InChI=1S/C16H23N3O4/c1-16(2,3)23-15(22)18-10-13(20)19-12(14(17)21)9-11-7-5-4-6-8-11/h4-8,12H,9-10H2,1-3H3,(H2,17,21)(H,18,22)(H,19,20)/t12-/m1/s1. The van der Waals surface area contributed by atoms with Crippen molar-refractivity contribution in [3.05, 3.63) is 35.9 Å². The summed E-state index contributed by atoms with van der Waals surface area (Å²) in [6.07, 6.45) is -0.416. The van der Waals surface area contributed by atoms with E-state index in [1.54, 1.807) is 20.8 Å². The van der Waals surface area contributed by atoms with E-state index in [2.05, 4.69) is 10.6 Å². The summed E-state index contributed by atoms with van der Waals surface area (Å²) in [5.41, 5.74) is 5.53. The van der Waals surface area contributed by atoms with E-state index in [-0.39, 0.29) is 13.0 Å². The maximum atomic E-state index is 11.8. The fourth-order valence-corrected chi connectivity index (χ4v) is 1.78. The monoisotopic (exact) mass is 321 g/mol. The number of alkyl carbamates (subject to hydrolysis) is 1. The third-order valence-corrected chi connectivity index (χ3v) is 2.75. The van der Waals surface area contributed by atoms with Gasteiger partial charge in [-0.05, 0) is 26.3 Å². The molecule has 0 heterocycles. The molecule has 0 saturated heterocycles. The number of amides is 3. The quantitative estimate of drug-likeness (QED) is 0.717. The highest BCUT2D eigenvalue weighted by Gasteiger charge is 2.20. The van der Waals surface area contributed by atoms with Gasteiger partial charge in [0.05, 0.1) is 0 Å². The van der Waals surface area contributed by atoms with Crippen LogP contribution in [-0.2, 0) is 20.7 Å². The van der Waals surface area contributed by atoms with Crippen molar-refractivity contribution < 1.29 is 19.1 Å². The minimum absolute atomic E-state index is 0.286. The third kappa shape index (κ3) is 7.85. The van der Waals surface area contributed by atoms with Crippen LogP contribution in [0.1, 0.15) is 26.3 Å². The Bertz CT molecular complexity index is 552. The predicted octanol–water partition coefficient (Wildman–Crippen LogP) is 0.724. The highest BCUT2D eigenvalue weighted by atomic mass is 16.6. The van der Waals surface area contributed by atoms with E-state index in [0.29, 0.717) is 0 Å². The van der Waals surface area contributed by atoms with Crippen LogP contribution in [0.25, 0.3) is 0 Å². The molecule has 126 valence electrons. The Labute approximate surface area is 135 Å². The normalized spacial score (nSPS) is 12.1. The fraction of sp³-hybridized carbons (Fsp3) is 0.438.